The van der Waals surface area contributed by atoms with Crippen LogP contribution in [-0.4, -0.2) is 33.2 Å². The number of pyridine rings is 1. The number of benzene rings is 2. The number of hydrogen-bond donors (Lipinski definition) is 2. The molecule has 0 amide bonds. The minimum atomic E-state index is -2.17. The van der Waals surface area contributed by atoms with Crippen LogP contribution in [0.15, 0.2) is 36.5 Å². The molecule has 0 aliphatic heterocycles. The minimum Gasteiger partial charge on any atom is -0.495 e. The highest BCUT2D eigenvalue weighted by Gasteiger charge is 2.24. The van der Waals surface area contributed by atoms with E-state index in [4.69, 9.17) is 20.9 Å². The smallest absolute Gasteiger partial charge is 0.231 e. The Bertz CT molecular complexity index is 1140. The fourth-order valence-corrected chi connectivity index (χ4v) is 3.62. The number of aromatic nitrogens is 1. The van der Waals surface area contributed by atoms with Crippen LogP contribution in [-0.2, 0) is 17.7 Å². The van der Waals surface area contributed by atoms with E-state index in [1.807, 2.05) is 0 Å². The Morgan fingerprint density at radius 2 is 2.07 bits per heavy atom. The van der Waals surface area contributed by atoms with Gasteiger partial charge >= 0.3 is 0 Å². The number of nitrogens with one attached hydrogen (secondary N) is 1. The lowest BCUT2D eigenvalue weighted by Gasteiger charge is -2.12. The van der Waals surface area contributed by atoms with E-state index < -0.39 is 34.2 Å². The van der Waals surface area contributed by atoms with Crippen LogP contribution in [0.2, 0.25) is 5.02 Å². The van der Waals surface area contributed by atoms with E-state index in [0.717, 1.165) is 6.07 Å². The Morgan fingerprint density at radius 3 is 2.77 bits per heavy atom. The molecule has 30 heavy (non-hydrogen) atoms. The number of methoxy groups -OCH3 is 1. The first-order chi connectivity index (χ1) is 14.3. The highest BCUT2D eigenvalue weighted by molar-refractivity contribution is 7.77. The van der Waals surface area contributed by atoms with Crippen LogP contribution in [0.25, 0.3) is 10.9 Å². The Morgan fingerprint density at radius 1 is 1.30 bits per heavy atom. The van der Waals surface area contributed by atoms with Crippen molar-refractivity contribution >= 4 is 39.6 Å². The fourth-order valence-electron chi connectivity index (χ4n) is 2.98. The van der Waals surface area contributed by atoms with E-state index >= 15 is 0 Å². The van der Waals surface area contributed by atoms with Gasteiger partial charge in [0.05, 0.1) is 29.4 Å². The first-order valence-corrected chi connectivity index (χ1v) is 10.3. The Balaban J connectivity index is 1.96. The fraction of sp³-hybridized carbons (Fsp3) is 0.200. The molecule has 6 nitrogen and oxygen atoms in total. The number of ether oxygens (including phenoxy) is 1. The van der Waals surface area contributed by atoms with Crippen molar-refractivity contribution in [3.05, 3.63) is 69.9 Å². The summed E-state index contributed by atoms with van der Waals surface area (Å²) in [5.74, 6) is -2.80. The molecule has 0 saturated carbocycles. The zero-order chi connectivity index (χ0) is 21.8. The van der Waals surface area contributed by atoms with Crippen LogP contribution >= 0.6 is 11.6 Å². The highest BCUT2D eigenvalue weighted by Crippen LogP contribution is 2.30. The van der Waals surface area contributed by atoms with Gasteiger partial charge < -0.3 is 4.74 Å². The second-order valence-electron chi connectivity index (χ2n) is 6.38. The van der Waals surface area contributed by atoms with Crippen molar-refractivity contribution in [2.24, 2.45) is 0 Å². The third-order valence-corrected chi connectivity index (χ3v) is 5.34. The molecule has 0 saturated heterocycles. The molecule has 10 heteroatoms. The van der Waals surface area contributed by atoms with E-state index in [2.05, 4.69) is 9.71 Å². The van der Waals surface area contributed by atoms with Crippen LogP contribution in [0, 0.1) is 11.6 Å². The van der Waals surface area contributed by atoms with Crippen molar-refractivity contribution in [3.8, 4) is 5.75 Å². The van der Waals surface area contributed by atoms with E-state index in [1.165, 1.54) is 25.4 Å². The lowest BCUT2D eigenvalue weighted by Crippen LogP contribution is -2.18. The molecule has 3 aromatic rings. The summed E-state index contributed by atoms with van der Waals surface area (Å²) in [7, 11) is 1.48. The molecule has 2 aromatic carbocycles. The van der Waals surface area contributed by atoms with Crippen molar-refractivity contribution in [2.45, 2.75) is 12.8 Å². The molecule has 1 heterocycles. The molecule has 0 spiro atoms. The molecule has 1 atom stereocenters. The largest absolute Gasteiger partial charge is 0.495 e. The summed E-state index contributed by atoms with van der Waals surface area (Å²) < 4.78 is 55.4. The average Bonchev–Trinajstić information content (AvgIpc) is 2.73. The predicted molar refractivity (Wildman–Crippen MR) is 110 cm³/mol. The maximum atomic E-state index is 14.5. The predicted octanol–water partition coefficient (Wildman–Crippen LogP) is 4.06. The number of aryl methyl sites for hydroxylation is 1. The van der Waals surface area contributed by atoms with Gasteiger partial charge in [-0.15, -0.1) is 0 Å². The molecule has 0 radical (unpaired) electrons. The normalized spacial score (nSPS) is 12.2. The van der Waals surface area contributed by atoms with Gasteiger partial charge in [0.1, 0.15) is 5.75 Å². The number of fused-ring (bicyclic) bond motifs is 1. The maximum absolute atomic E-state index is 14.5. The minimum absolute atomic E-state index is 0.118. The maximum Gasteiger partial charge on any atom is 0.231 e. The second kappa shape index (κ2) is 9.57. The van der Waals surface area contributed by atoms with Crippen molar-refractivity contribution in [1.82, 2.24) is 9.71 Å². The van der Waals surface area contributed by atoms with Crippen LogP contribution in [0.1, 0.15) is 27.9 Å². The molecule has 158 valence electrons. The van der Waals surface area contributed by atoms with Gasteiger partial charge in [0, 0.05) is 17.5 Å². The van der Waals surface area contributed by atoms with Gasteiger partial charge in [-0.05, 0) is 48.7 Å². The lowest BCUT2D eigenvalue weighted by molar-refractivity contribution is 0.103. The number of hydrogen-bond acceptors (Lipinski definition) is 4. The van der Waals surface area contributed by atoms with Gasteiger partial charge in [-0.3, -0.25) is 14.3 Å². The number of nitrogens with zero attached hydrogens (tertiary/aromatic N) is 1. The summed E-state index contributed by atoms with van der Waals surface area (Å²) in [5.41, 5.74) is 0.397. The van der Waals surface area contributed by atoms with Crippen LogP contribution in [0.3, 0.4) is 0 Å². The van der Waals surface area contributed by atoms with Gasteiger partial charge in [-0.2, -0.15) is 0 Å². The number of carbonyl (C=O) groups excluding carboxylic acids is 1. The van der Waals surface area contributed by atoms with Crippen molar-refractivity contribution in [2.75, 3.05) is 13.7 Å². The van der Waals surface area contributed by atoms with Gasteiger partial charge in [0.2, 0.25) is 11.3 Å². The van der Waals surface area contributed by atoms with Crippen molar-refractivity contribution in [3.63, 3.8) is 0 Å². The van der Waals surface area contributed by atoms with Crippen LogP contribution in [0.5, 0.6) is 5.75 Å². The number of ketones is 1. The molecule has 2 N–H and O–H groups in total. The number of carbonyl (C=O) groups is 1. The first-order valence-electron chi connectivity index (χ1n) is 8.81. The van der Waals surface area contributed by atoms with Crippen molar-refractivity contribution in [1.29, 1.82) is 0 Å². The summed E-state index contributed by atoms with van der Waals surface area (Å²) in [4.78, 5) is 17.2. The second-order valence-corrected chi connectivity index (χ2v) is 7.54. The summed E-state index contributed by atoms with van der Waals surface area (Å²) in [6.45, 7) is 0.154. The van der Waals surface area contributed by atoms with E-state index in [1.54, 1.807) is 12.1 Å². The highest BCUT2D eigenvalue weighted by atomic mass is 35.5. The van der Waals surface area contributed by atoms with Gasteiger partial charge in [-0.25, -0.2) is 17.7 Å². The molecule has 0 aliphatic carbocycles. The number of halogens is 3. The van der Waals surface area contributed by atoms with Gasteiger partial charge in [0.25, 0.3) is 0 Å². The van der Waals surface area contributed by atoms with Gasteiger partial charge in [-0.1, -0.05) is 11.6 Å². The van der Waals surface area contributed by atoms with Crippen LogP contribution in [0.4, 0.5) is 8.78 Å². The average molecular weight is 455 g/mol. The SMILES string of the molecule is COc1cnc2ccc(C(=O)c3c(F)c(F)cc(CCCNS(=O)O)c3Cl)cc2c1. The molecule has 3 rings (SSSR count). The monoisotopic (exact) mass is 454 g/mol. The standard InChI is InChI=1S/C20H17ClF2N2O4S/c1-29-14-8-13-7-12(4-5-16(13)24-10-14)20(26)17-18(21)11(9-15(22)19(17)23)3-2-6-25-30(27)28/h4-5,7-10,25H,2-3,6H2,1H3,(H,27,28). The lowest BCUT2D eigenvalue weighted by atomic mass is 9.97. The summed E-state index contributed by atoms with van der Waals surface area (Å²) in [5, 5.41) is 0.407. The molecule has 0 aliphatic rings. The zero-order valence-electron chi connectivity index (χ0n) is 15.7. The summed E-state index contributed by atoms with van der Waals surface area (Å²) in [6, 6.07) is 7.17. The zero-order valence-corrected chi connectivity index (χ0v) is 17.3. The first kappa shape index (κ1) is 22.2. The van der Waals surface area contributed by atoms with Crippen molar-refractivity contribution < 1.29 is 27.1 Å². The molecule has 0 bridgehead atoms. The van der Waals surface area contributed by atoms with E-state index in [0.29, 0.717) is 23.1 Å². The van der Waals surface area contributed by atoms with Crippen LogP contribution < -0.4 is 9.46 Å². The Kier molecular flexibility index (Phi) is 7.09. The molecular formula is C20H17ClF2N2O4S. The Hall–Kier alpha value is -2.46. The summed E-state index contributed by atoms with van der Waals surface area (Å²) >= 11 is 4.08. The van der Waals surface area contributed by atoms with E-state index in [-0.39, 0.29) is 29.1 Å². The third-order valence-electron chi connectivity index (χ3n) is 4.46. The molecular weight excluding hydrogens is 438 g/mol. The topological polar surface area (TPSA) is 88.5 Å². The molecule has 0 fully saturated rings. The quantitative estimate of drug-likeness (QED) is 0.232. The van der Waals surface area contributed by atoms with Gasteiger partial charge in [0.15, 0.2) is 17.4 Å². The third kappa shape index (κ3) is 4.81. The molecule has 1 unspecified atom stereocenters. The molecule has 1 aromatic heterocycles. The number of rotatable bonds is 8. The Labute approximate surface area is 178 Å². The van der Waals surface area contributed by atoms with E-state index in [9.17, 15) is 17.8 Å². The summed E-state index contributed by atoms with van der Waals surface area (Å²) in [6.07, 6.45) is 2.03.